The molecule has 0 radical (unpaired) electrons. The largest absolute Gasteiger partial charge is 0.338 e. The molecular weight excluding hydrogens is 372 g/mol. The number of H-pyrrole nitrogens is 1. The van der Waals surface area contributed by atoms with Crippen molar-refractivity contribution in [3.05, 3.63) is 102 Å². The zero-order valence-electron chi connectivity index (χ0n) is 16.5. The fourth-order valence-corrected chi connectivity index (χ4v) is 3.47. The van der Waals surface area contributed by atoms with Crippen molar-refractivity contribution in [1.29, 1.82) is 0 Å². The van der Waals surface area contributed by atoms with Gasteiger partial charge in [-0.3, -0.25) is 4.79 Å². The molecule has 5 aromatic rings. The third kappa shape index (κ3) is 3.49. The van der Waals surface area contributed by atoms with Crippen LogP contribution < -0.4 is 5.32 Å². The first-order valence-electron chi connectivity index (χ1n) is 9.77. The lowest BCUT2D eigenvalue weighted by Gasteiger charge is -2.07. The van der Waals surface area contributed by atoms with Crippen molar-refractivity contribution in [2.24, 2.45) is 0 Å². The molecule has 2 aromatic heterocycles. The minimum atomic E-state index is -0.138. The number of carbonyl (C=O) groups excluding carboxylic acids is 1. The van der Waals surface area contributed by atoms with E-state index in [0.29, 0.717) is 5.56 Å². The van der Waals surface area contributed by atoms with E-state index in [-0.39, 0.29) is 5.91 Å². The second-order valence-electron chi connectivity index (χ2n) is 7.27. The Kier molecular flexibility index (Phi) is 4.41. The fraction of sp³-hybridized carbons (Fsp3) is 0.0400. The van der Waals surface area contributed by atoms with E-state index in [2.05, 4.69) is 34.3 Å². The lowest BCUT2D eigenvalue weighted by molar-refractivity contribution is 0.102. The lowest BCUT2D eigenvalue weighted by atomic mass is 10.1. The predicted molar refractivity (Wildman–Crippen MR) is 120 cm³/mol. The summed E-state index contributed by atoms with van der Waals surface area (Å²) >= 11 is 0. The number of aryl methyl sites for hydroxylation is 1. The van der Waals surface area contributed by atoms with E-state index in [1.165, 1.54) is 5.56 Å². The van der Waals surface area contributed by atoms with Crippen LogP contribution in [0.5, 0.6) is 0 Å². The second kappa shape index (κ2) is 7.37. The van der Waals surface area contributed by atoms with E-state index in [0.717, 1.165) is 33.8 Å². The number of nitrogens with zero attached hydrogens (tertiary/aromatic N) is 2. The molecule has 0 aliphatic carbocycles. The molecular formula is C25H20N4O. The van der Waals surface area contributed by atoms with Gasteiger partial charge in [0, 0.05) is 34.9 Å². The molecule has 0 spiro atoms. The molecule has 0 saturated heterocycles. The average Bonchev–Trinajstić information content (AvgIpc) is 3.44. The molecule has 0 saturated carbocycles. The van der Waals surface area contributed by atoms with E-state index in [4.69, 9.17) is 0 Å². The summed E-state index contributed by atoms with van der Waals surface area (Å²) in [5.41, 5.74) is 6.49. The summed E-state index contributed by atoms with van der Waals surface area (Å²) in [5, 5.41) is 2.95. The van der Waals surface area contributed by atoms with Crippen molar-refractivity contribution in [3.63, 3.8) is 0 Å². The number of imidazole rings is 1. The van der Waals surface area contributed by atoms with Gasteiger partial charge in [0.15, 0.2) is 0 Å². The van der Waals surface area contributed by atoms with Gasteiger partial charge in [-0.2, -0.15) is 0 Å². The Hall–Kier alpha value is -4.12. The molecule has 0 unspecified atom stereocenters. The molecule has 0 aliphatic heterocycles. The Morgan fingerprint density at radius 3 is 2.40 bits per heavy atom. The quantitative estimate of drug-likeness (QED) is 0.419. The summed E-state index contributed by atoms with van der Waals surface area (Å²) in [7, 11) is 0. The van der Waals surface area contributed by atoms with Gasteiger partial charge in [0.25, 0.3) is 5.91 Å². The summed E-state index contributed by atoms with van der Waals surface area (Å²) in [6.45, 7) is 2.06. The summed E-state index contributed by atoms with van der Waals surface area (Å²) in [6.07, 6.45) is 3.94. The highest BCUT2D eigenvalue weighted by Crippen LogP contribution is 2.23. The first-order chi connectivity index (χ1) is 14.7. The summed E-state index contributed by atoms with van der Waals surface area (Å²) < 4.78 is 2.00. The molecule has 1 amide bonds. The van der Waals surface area contributed by atoms with Crippen molar-refractivity contribution < 1.29 is 4.79 Å². The van der Waals surface area contributed by atoms with Crippen LogP contribution in [0.2, 0.25) is 0 Å². The van der Waals surface area contributed by atoms with E-state index in [1.54, 1.807) is 0 Å². The van der Waals surface area contributed by atoms with Crippen LogP contribution in [-0.4, -0.2) is 20.4 Å². The van der Waals surface area contributed by atoms with E-state index >= 15 is 0 Å². The molecule has 5 heteroatoms. The van der Waals surface area contributed by atoms with Gasteiger partial charge in [-0.25, -0.2) is 4.98 Å². The number of carbonyl (C=O) groups is 1. The zero-order chi connectivity index (χ0) is 20.5. The monoisotopic (exact) mass is 392 g/mol. The summed E-state index contributed by atoms with van der Waals surface area (Å²) in [5.74, 6) is 0.676. The maximum absolute atomic E-state index is 12.6. The minimum absolute atomic E-state index is 0.138. The number of aromatic amines is 1. The molecule has 0 fully saturated rings. The number of rotatable bonds is 4. The van der Waals surface area contributed by atoms with Crippen LogP contribution in [0.3, 0.4) is 0 Å². The van der Waals surface area contributed by atoms with Gasteiger partial charge in [0.2, 0.25) is 0 Å². The van der Waals surface area contributed by atoms with Crippen LogP contribution in [0.4, 0.5) is 5.69 Å². The average molecular weight is 392 g/mol. The van der Waals surface area contributed by atoms with Gasteiger partial charge in [-0.1, -0.05) is 6.07 Å². The third-order valence-electron chi connectivity index (χ3n) is 5.09. The Morgan fingerprint density at radius 2 is 1.67 bits per heavy atom. The SMILES string of the molecule is Cc1ccc2nc(-c3ccc(NC(=O)c4ccc(-n5cccc5)cc4)cc3)[nH]c2c1. The summed E-state index contributed by atoms with van der Waals surface area (Å²) in [4.78, 5) is 20.6. The van der Waals surface area contributed by atoms with Gasteiger partial charge in [0.05, 0.1) is 11.0 Å². The van der Waals surface area contributed by atoms with Crippen LogP contribution in [-0.2, 0) is 0 Å². The number of aromatic nitrogens is 3. The molecule has 146 valence electrons. The molecule has 0 bridgehead atoms. The number of benzene rings is 3. The maximum Gasteiger partial charge on any atom is 0.255 e. The van der Waals surface area contributed by atoms with Gasteiger partial charge in [-0.05, 0) is 85.3 Å². The first kappa shape index (κ1) is 17.9. The van der Waals surface area contributed by atoms with Gasteiger partial charge >= 0.3 is 0 Å². The van der Waals surface area contributed by atoms with Crippen molar-refractivity contribution in [2.75, 3.05) is 5.32 Å². The lowest BCUT2D eigenvalue weighted by Crippen LogP contribution is -2.11. The van der Waals surface area contributed by atoms with Crippen LogP contribution in [0.1, 0.15) is 15.9 Å². The molecule has 2 N–H and O–H groups in total. The Bertz CT molecular complexity index is 1310. The Morgan fingerprint density at radius 1 is 0.933 bits per heavy atom. The molecule has 0 atom stereocenters. The fourth-order valence-electron chi connectivity index (χ4n) is 3.47. The highest BCUT2D eigenvalue weighted by atomic mass is 16.1. The van der Waals surface area contributed by atoms with Crippen molar-refractivity contribution >= 4 is 22.6 Å². The summed E-state index contributed by atoms with van der Waals surface area (Å²) in [6, 6.07) is 25.3. The van der Waals surface area contributed by atoms with E-state index in [1.807, 2.05) is 83.7 Å². The van der Waals surface area contributed by atoms with Crippen molar-refractivity contribution in [1.82, 2.24) is 14.5 Å². The number of anilines is 1. The number of hydrogen-bond acceptors (Lipinski definition) is 2. The smallest absolute Gasteiger partial charge is 0.255 e. The molecule has 0 aliphatic rings. The number of fused-ring (bicyclic) bond motifs is 1. The van der Waals surface area contributed by atoms with E-state index in [9.17, 15) is 4.79 Å². The van der Waals surface area contributed by atoms with E-state index < -0.39 is 0 Å². The zero-order valence-corrected chi connectivity index (χ0v) is 16.5. The van der Waals surface area contributed by atoms with Crippen molar-refractivity contribution in [2.45, 2.75) is 6.92 Å². The molecule has 5 rings (SSSR count). The molecule has 3 aromatic carbocycles. The van der Waals surface area contributed by atoms with Gasteiger partial charge < -0.3 is 14.9 Å². The van der Waals surface area contributed by atoms with Gasteiger partial charge in [0.1, 0.15) is 5.82 Å². The second-order valence-corrected chi connectivity index (χ2v) is 7.27. The number of amides is 1. The van der Waals surface area contributed by atoms with Crippen LogP contribution in [0.25, 0.3) is 28.1 Å². The van der Waals surface area contributed by atoms with Crippen LogP contribution >= 0.6 is 0 Å². The molecule has 5 nitrogen and oxygen atoms in total. The number of nitrogens with one attached hydrogen (secondary N) is 2. The first-order valence-corrected chi connectivity index (χ1v) is 9.77. The highest BCUT2D eigenvalue weighted by Gasteiger charge is 2.09. The standard InChI is InChI=1S/C25H20N4O/c1-17-4-13-22-23(16-17)28-24(27-22)18-5-9-20(10-6-18)26-25(30)19-7-11-21(12-8-19)29-14-2-3-15-29/h2-16H,1H3,(H,26,30)(H,27,28). The van der Waals surface area contributed by atoms with Gasteiger partial charge in [-0.15, -0.1) is 0 Å². The predicted octanol–water partition coefficient (Wildman–Crippen LogP) is 5.58. The highest BCUT2D eigenvalue weighted by molar-refractivity contribution is 6.04. The third-order valence-corrected chi connectivity index (χ3v) is 5.09. The normalized spacial score (nSPS) is 11.0. The Labute approximate surface area is 174 Å². The topological polar surface area (TPSA) is 62.7 Å². The van der Waals surface area contributed by atoms with Crippen molar-refractivity contribution in [3.8, 4) is 17.1 Å². The molecule has 2 heterocycles. The minimum Gasteiger partial charge on any atom is -0.338 e. The number of hydrogen-bond donors (Lipinski definition) is 2. The van der Waals surface area contributed by atoms with Crippen LogP contribution in [0.15, 0.2) is 91.3 Å². The Balaban J connectivity index is 1.31. The molecule has 30 heavy (non-hydrogen) atoms. The van der Waals surface area contributed by atoms with Crippen LogP contribution in [0, 0.1) is 6.92 Å². The maximum atomic E-state index is 12.6.